The minimum Gasteiger partial charge on any atom is -0.480 e. The van der Waals surface area contributed by atoms with Crippen LogP contribution in [0.1, 0.15) is 25.0 Å². The van der Waals surface area contributed by atoms with E-state index < -0.39 is 30.1 Å². The highest BCUT2D eigenvalue weighted by molar-refractivity contribution is 7.99. The molecular formula is C25H32N2O6S. The molecule has 34 heavy (non-hydrogen) atoms. The molecule has 1 amide bonds. The molecule has 0 saturated heterocycles. The summed E-state index contributed by atoms with van der Waals surface area (Å²) in [5.41, 5.74) is 1.94. The van der Waals surface area contributed by atoms with Gasteiger partial charge in [-0.25, -0.2) is 4.79 Å². The molecule has 0 heterocycles. The van der Waals surface area contributed by atoms with E-state index in [1.54, 1.807) is 6.92 Å². The average Bonchev–Trinajstić information content (AvgIpc) is 2.83. The molecule has 3 N–H and O–H groups in total. The zero-order chi connectivity index (χ0) is 24.8. The van der Waals surface area contributed by atoms with E-state index in [0.717, 1.165) is 11.1 Å². The number of thioether (sulfide) groups is 1. The third-order valence-electron chi connectivity index (χ3n) is 4.86. The molecule has 2 aromatic rings. The molecule has 0 aliphatic rings. The van der Waals surface area contributed by atoms with Crippen LogP contribution in [0.5, 0.6) is 0 Å². The van der Waals surface area contributed by atoms with Crippen molar-refractivity contribution in [1.29, 1.82) is 0 Å². The number of amides is 1. The summed E-state index contributed by atoms with van der Waals surface area (Å²) in [6.07, 6.45) is 0.0575. The van der Waals surface area contributed by atoms with E-state index in [4.69, 9.17) is 14.6 Å². The van der Waals surface area contributed by atoms with Crippen molar-refractivity contribution >= 4 is 29.8 Å². The van der Waals surface area contributed by atoms with Crippen LogP contribution in [-0.4, -0.2) is 59.4 Å². The lowest BCUT2D eigenvalue weighted by atomic mass is 10.1. The normalized spacial score (nSPS) is 13.4. The number of ether oxygens (including phenoxy) is 2. The maximum Gasteiger partial charge on any atom is 0.407 e. The average molecular weight is 489 g/mol. The lowest BCUT2D eigenvalue weighted by Gasteiger charge is -2.22. The van der Waals surface area contributed by atoms with Crippen molar-refractivity contribution in [2.75, 3.05) is 18.1 Å². The molecular weight excluding hydrogens is 456 g/mol. The fourth-order valence-corrected chi connectivity index (χ4v) is 4.20. The molecule has 0 aliphatic carbocycles. The number of esters is 1. The van der Waals surface area contributed by atoms with Crippen molar-refractivity contribution in [3.8, 4) is 0 Å². The first-order valence-electron chi connectivity index (χ1n) is 11.1. The molecule has 0 spiro atoms. The fraction of sp³-hybridized carbons (Fsp3) is 0.400. The number of rotatable bonds is 14. The lowest BCUT2D eigenvalue weighted by molar-refractivity contribution is -0.146. The van der Waals surface area contributed by atoms with E-state index in [1.807, 2.05) is 60.7 Å². The van der Waals surface area contributed by atoms with Crippen molar-refractivity contribution in [3.63, 3.8) is 0 Å². The SMILES string of the molecule is CCOC(=O)[C@H](CSC[C@H](Cc1ccccc1)NC(=O)OCc1ccccc1)NC(C)C(=O)O. The summed E-state index contributed by atoms with van der Waals surface area (Å²) in [6.45, 7) is 3.54. The Kier molecular flexibility index (Phi) is 12.0. The number of hydrogen-bond donors (Lipinski definition) is 3. The van der Waals surface area contributed by atoms with Crippen LogP contribution in [0.25, 0.3) is 0 Å². The fourth-order valence-electron chi connectivity index (χ4n) is 3.11. The van der Waals surface area contributed by atoms with Crippen molar-refractivity contribution in [2.24, 2.45) is 0 Å². The standard InChI is InChI=1S/C25H32N2O6S/c1-3-32-24(30)22(26-18(2)23(28)29)17-34-16-21(14-19-10-6-4-7-11-19)27-25(31)33-15-20-12-8-5-9-13-20/h4-13,18,21-22,26H,3,14-17H2,1-2H3,(H,27,31)(H,28,29)/t18?,21-,22-/m0/s1. The summed E-state index contributed by atoms with van der Waals surface area (Å²) in [7, 11) is 0. The minimum absolute atomic E-state index is 0.166. The molecule has 0 fully saturated rings. The number of carboxylic acid groups (broad SMARTS) is 1. The number of hydrogen-bond acceptors (Lipinski definition) is 7. The first kappa shape index (κ1) is 27.2. The third kappa shape index (κ3) is 10.3. The summed E-state index contributed by atoms with van der Waals surface area (Å²) in [6, 6.07) is 17.2. The van der Waals surface area contributed by atoms with Crippen LogP contribution < -0.4 is 10.6 Å². The van der Waals surface area contributed by atoms with Gasteiger partial charge in [-0.2, -0.15) is 11.8 Å². The monoisotopic (exact) mass is 488 g/mol. The van der Waals surface area contributed by atoms with Gasteiger partial charge in [0.1, 0.15) is 18.7 Å². The highest BCUT2D eigenvalue weighted by Crippen LogP contribution is 2.12. The van der Waals surface area contributed by atoms with Gasteiger partial charge >= 0.3 is 18.0 Å². The molecule has 0 saturated carbocycles. The smallest absolute Gasteiger partial charge is 0.407 e. The largest absolute Gasteiger partial charge is 0.480 e. The van der Waals surface area contributed by atoms with E-state index in [1.165, 1.54) is 18.7 Å². The predicted molar refractivity (Wildman–Crippen MR) is 132 cm³/mol. The second-order valence-electron chi connectivity index (χ2n) is 7.66. The topological polar surface area (TPSA) is 114 Å². The van der Waals surface area contributed by atoms with Gasteiger partial charge in [0.15, 0.2) is 0 Å². The van der Waals surface area contributed by atoms with Crippen LogP contribution in [0, 0.1) is 0 Å². The van der Waals surface area contributed by atoms with E-state index in [2.05, 4.69) is 10.6 Å². The van der Waals surface area contributed by atoms with Gasteiger partial charge in [-0.05, 0) is 31.4 Å². The van der Waals surface area contributed by atoms with Crippen molar-refractivity contribution < 1.29 is 29.0 Å². The van der Waals surface area contributed by atoms with E-state index >= 15 is 0 Å². The van der Waals surface area contributed by atoms with Gasteiger partial charge in [-0.3, -0.25) is 14.9 Å². The highest BCUT2D eigenvalue weighted by atomic mass is 32.2. The van der Waals surface area contributed by atoms with Crippen molar-refractivity contribution in [1.82, 2.24) is 10.6 Å². The summed E-state index contributed by atoms with van der Waals surface area (Å²) in [4.78, 5) is 35.9. The Balaban J connectivity index is 1.96. The highest BCUT2D eigenvalue weighted by Gasteiger charge is 2.25. The molecule has 0 aliphatic heterocycles. The van der Waals surface area contributed by atoms with Crippen LogP contribution in [-0.2, 0) is 32.1 Å². The van der Waals surface area contributed by atoms with Crippen molar-refractivity contribution in [2.45, 2.75) is 45.0 Å². The molecule has 2 rings (SSSR count). The summed E-state index contributed by atoms with van der Waals surface area (Å²) < 4.78 is 10.4. The molecule has 1 unspecified atom stereocenters. The molecule has 0 aromatic heterocycles. The number of nitrogens with one attached hydrogen (secondary N) is 2. The first-order valence-corrected chi connectivity index (χ1v) is 12.3. The zero-order valence-electron chi connectivity index (χ0n) is 19.4. The molecule has 3 atom stereocenters. The Bertz CT molecular complexity index is 897. The molecule has 184 valence electrons. The Morgan fingerprint density at radius 3 is 2.15 bits per heavy atom. The van der Waals surface area contributed by atoms with Gasteiger partial charge in [0, 0.05) is 17.5 Å². The Morgan fingerprint density at radius 1 is 0.941 bits per heavy atom. The number of alkyl carbamates (subject to hydrolysis) is 1. The molecule has 9 heteroatoms. The minimum atomic E-state index is -1.05. The molecule has 2 aromatic carbocycles. The maximum absolute atomic E-state index is 12.4. The molecule has 8 nitrogen and oxygen atoms in total. The van der Waals surface area contributed by atoms with Gasteiger partial charge < -0.3 is 19.9 Å². The first-order chi connectivity index (χ1) is 16.4. The van der Waals surface area contributed by atoms with Crippen molar-refractivity contribution in [3.05, 3.63) is 71.8 Å². The summed E-state index contributed by atoms with van der Waals surface area (Å²) in [5, 5.41) is 14.9. The van der Waals surface area contributed by atoms with Gasteiger partial charge in [0.25, 0.3) is 0 Å². The van der Waals surface area contributed by atoms with Gasteiger partial charge in [-0.1, -0.05) is 60.7 Å². The Labute approximate surface area is 204 Å². The second kappa shape index (κ2) is 15.0. The Morgan fingerprint density at radius 2 is 1.56 bits per heavy atom. The van der Waals surface area contributed by atoms with Crippen LogP contribution in [0.15, 0.2) is 60.7 Å². The lowest BCUT2D eigenvalue weighted by Crippen LogP contribution is -2.48. The number of aliphatic carboxylic acids is 1. The quantitative estimate of drug-likeness (QED) is 0.347. The van der Waals surface area contributed by atoms with Crippen LogP contribution in [0.2, 0.25) is 0 Å². The second-order valence-corrected chi connectivity index (χ2v) is 8.74. The summed E-state index contributed by atoms with van der Waals surface area (Å²) in [5.74, 6) is -0.765. The van der Waals surface area contributed by atoms with Gasteiger partial charge in [0.05, 0.1) is 6.61 Å². The van der Waals surface area contributed by atoms with Gasteiger partial charge in [-0.15, -0.1) is 0 Å². The third-order valence-corrected chi connectivity index (χ3v) is 6.06. The van der Waals surface area contributed by atoms with E-state index in [9.17, 15) is 14.4 Å². The molecule has 0 bridgehead atoms. The summed E-state index contributed by atoms with van der Waals surface area (Å²) >= 11 is 1.43. The maximum atomic E-state index is 12.4. The van der Waals surface area contributed by atoms with E-state index in [0.29, 0.717) is 17.9 Å². The van der Waals surface area contributed by atoms with Crippen LogP contribution >= 0.6 is 11.8 Å². The van der Waals surface area contributed by atoms with Crippen LogP contribution in [0.4, 0.5) is 4.79 Å². The zero-order valence-corrected chi connectivity index (χ0v) is 20.3. The Hall–Kier alpha value is -3.04. The van der Waals surface area contributed by atoms with E-state index in [-0.39, 0.29) is 19.3 Å². The van der Waals surface area contributed by atoms with Gasteiger partial charge in [0.2, 0.25) is 0 Å². The number of benzene rings is 2. The molecule has 0 radical (unpaired) electrons. The predicted octanol–water partition coefficient (Wildman–Crippen LogP) is 3.25. The number of carboxylic acids is 1. The van der Waals surface area contributed by atoms with Crippen LogP contribution in [0.3, 0.4) is 0 Å². The number of carbonyl (C=O) groups excluding carboxylic acids is 2. The number of carbonyl (C=O) groups is 3.